The highest BCUT2D eigenvalue weighted by Crippen LogP contribution is 2.49. The molecule has 0 aromatic carbocycles. The molecule has 2 rings (SSSR count). The number of hydrogen-bond donors (Lipinski definition) is 1. The maximum absolute atomic E-state index is 5.87. The van der Waals surface area contributed by atoms with E-state index in [2.05, 4.69) is 27.4 Å². The van der Waals surface area contributed by atoms with Crippen LogP contribution in [0.4, 0.5) is 5.82 Å². The van der Waals surface area contributed by atoms with Gasteiger partial charge in [-0.05, 0) is 36.3 Å². The summed E-state index contributed by atoms with van der Waals surface area (Å²) in [6.07, 6.45) is 5.00. The van der Waals surface area contributed by atoms with E-state index in [1.807, 2.05) is 0 Å². The Balaban J connectivity index is 1.97. The van der Waals surface area contributed by atoms with Crippen molar-refractivity contribution in [2.45, 2.75) is 32.6 Å². The average molecular weight is 261 g/mol. The van der Waals surface area contributed by atoms with Crippen LogP contribution in [0.25, 0.3) is 0 Å². The molecule has 0 atom stereocenters. The van der Waals surface area contributed by atoms with Crippen LogP contribution in [0.15, 0.2) is 0 Å². The van der Waals surface area contributed by atoms with E-state index in [0.29, 0.717) is 11.2 Å². The van der Waals surface area contributed by atoms with Gasteiger partial charge in [0.15, 0.2) is 11.0 Å². The van der Waals surface area contributed by atoms with Crippen LogP contribution in [0.5, 0.6) is 0 Å². The molecule has 0 spiro atoms. The molecule has 6 heteroatoms. The summed E-state index contributed by atoms with van der Waals surface area (Å²) in [5.74, 6) is 0.532. The zero-order valence-electron chi connectivity index (χ0n) is 9.13. The minimum absolute atomic E-state index is 0.118. The summed E-state index contributed by atoms with van der Waals surface area (Å²) in [4.78, 5) is 4.01. The Kier molecular flexibility index (Phi) is 3.50. The Morgan fingerprint density at radius 2 is 2.06 bits per heavy atom. The summed E-state index contributed by atoms with van der Waals surface area (Å²) in [6.45, 7) is 3.09. The molecule has 1 aliphatic carbocycles. The van der Waals surface area contributed by atoms with Gasteiger partial charge in [0, 0.05) is 6.54 Å². The Labute approximate surface area is 105 Å². The predicted octanol–water partition coefficient (Wildman–Crippen LogP) is 3.17. The van der Waals surface area contributed by atoms with Gasteiger partial charge in [0.2, 0.25) is 5.28 Å². The largest absolute Gasteiger partial charge is 0.367 e. The summed E-state index contributed by atoms with van der Waals surface area (Å²) in [5, 5.41) is 10.9. The van der Waals surface area contributed by atoms with Gasteiger partial charge >= 0.3 is 0 Å². The van der Waals surface area contributed by atoms with Crippen molar-refractivity contribution in [3.63, 3.8) is 0 Å². The molecule has 88 valence electrons. The quantitative estimate of drug-likeness (QED) is 0.884. The van der Waals surface area contributed by atoms with Crippen molar-refractivity contribution >= 4 is 29.0 Å². The average Bonchev–Trinajstić information content (AvgIpc) is 3.01. The first-order chi connectivity index (χ1) is 7.65. The zero-order valence-corrected chi connectivity index (χ0v) is 10.6. The molecule has 1 aromatic heterocycles. The van der Waals surface area contributed by atoms with E-state index in [1.54, 1.807) is 0 Å². The van der Waals surface area contributed by atoms with Gasteiger partial charge in [-0.1, -0.05) is 24.9 Å². The fraction of sp³-hybridized carbons (Fsp3) is 0.700. The van der Waals surface area contributed by atoms with Crippen LogP contribution in [-0.4, -0.2) is 21.7 Å². The van der Waals surface area contributed by atoms with Gasteiger partial charge in [-0.15, -0.1) is 10.2 Å². The minimum atomic E-state index is 0.118. The summed E-state index contributed by atoms with van der Waals surface area (Å²) >= 11 is 11.5. The van der Waals surface area contributed by atoms with E-state index in [-0.39, 0.29) is 10.4 Å². The molecule has 0 amide bonds. The number of hydrogen-bond acceptors (Lipinski definition) is 4. The SMILES string of the molecule is CCCC1(CNc2nc(Cl)nnc2Cl)CC1. The van der Waals surface area contributed by atoms with Crippen LogP contribution in [0.1, 0.15) is 32.6 Å². The van der Waals surface area contributed by atoms with E-state index in [1.165, 1.54) is 25.7 Å². The Morgan fingerprint density at radius 1 is 1.31 bits per heavy atom. The van der Waals surface area contributed by atoms with Crippen molar-refractivity contribution in [3.05, 3.63) is 10.4 Å². The van der Waals surface area contributed by atoms with Crippen LogP contribution >= 0.6 is 23.2 Å². The highest BCUT2D eigenvalue weighted by atomic mass is 35.5. The number of aromatic nitrogens is 3. The van der Waals surface area contributed by atoms with Crippen molar-refractivity contribution in [2.24, 2.45) is 5.41 Å². The molecule has 1 saturated carbocycles. The fourth-order valence-electron chi connectivity index (χ4n) is 1.90. The highest BCUT2D eigenvalue weighted by Gasteiger charge is 2.41. The molecule has 0 saturated heterocycles. The van der Waals surface area contributed by atoms with E-state index in [4.69, 9.17) is 23.2 Å². The van der Waals surface area contributed by atoms with Gasteiger partial charge in [0.05, 0.1) is 0 Å². The Hall–Kier alpha value is -0.610. The van der Waals surface area contributed by atoms with Gasteiger partial charge in [-0.25, -0.2) is 0 Å². The lowest BCUT2D eigenvalue weighted by atomic mass is 10.0. The van der Waals surface area contributed by atoms with E-state index in [9.17, 15) is 0 Å². The maximum Gasteiger partial charge on any atom is 0.245 e. The van der Waals surface area contributed by atoms with Gasteiger partial charge in [0.1, 0.15) is 0 Å². The summed E-state index contributed by atoms with van der Waals surface area (Å²) < 4.78 is 0. The first-order valence-corrected chi connectivity index (χ1v) is 6.20. The molecule has 0 aliphatic heterocycles. The summed E-state index contributed by atoms with van der Waals surface area (Å²) in [7, 11) is 0. The standard InChI is InChI=1S/C10H14Cl2N4/c1-2-3-10(4-5-10)6-13-8-7(11)15-16-9(12)14-8/h2-6H2,1H3,(H,13,14,16). The fourth-order valence-corrected chi connectivity index (χ4v) is 2.17. The summed E-state index contributed by atoms with van der Waals surface area (Å²) in [5.41, 5.74) is 0.440. The lowest BCUT2D eigenvalue weighted by molar-refractivity contribution is 0.485. The van der Waals surface area contributed by atoms with Crippen molar-refractivity contribution < 1.29 is 0 Å². The van der Waals surface area contributed by atoms with E-state index < -0.39 is 0 Å². The van der Waals surface area contributed by atoms with E-state index >= 15 is 0 Å². The molecule has 1 N–H and O–H groups in total. The maximum atomic E-state index is 5.87. The van der Waals surface area contributed by atoms with Crippen molar-refractivity contribution in [2.75, 3.05) is 11.9 Å². The van der Waals surface area contributed by atoms with Crippen molar-refractivity contribution in [1.82, 2.24) is 15.2 Å². The molecule has 16 heavy (non-hydrogen) atoms. The highest BCUT2D eigenvalue weighted by molar-refractivity contribution is 6.32. The topological polar surface area (TPSA) is 50.7 Å². The molecule has 1 aliphatic rings. The monoisotopic (exact) mass is 260 g/mol. The van der Waals surface area contributed by atoms with Gasteiger partial charge in [-0.2, -0.15) is 4.98 Å². The lowest BCUT2D eigenvalue weighted by Crippen LogP contribution is -2.16. The van der Waals surface area contributed by atoms with Gasteiger partial charge in [-0.3, -0.25) is 0 Å². The second kappa shape index (κ2) is 4.72. The third kappa shape index (κ3) is 2.74. The molecule has 1 aromatic rings. The van der Waals surface area contributed by atoms with Crippen molar-refractivity contribution in [3.8, 4) is 0 Å². The van der Waals surface area contributed by atoms with Crippen LogP contribution in [0, 0.1) is 5.41 Å². The number of anilines is 1. The second-order valence-electron chi connectivity index (χ2n) is 4.32. The normalized spacial score (nSPS) is 17.2. The molecule has 1 fully saturated rings. The number of rotatable bonds is 5. The Morgan fingerprint density at radius 3 is 2.69 bits per heavy atom. The molecular weight excluding hydrogens is 247 g/mol. The number of nitrogens with zero attached hydrogens (tertiary/aromatic N) is 3. The molecule has 1 heterocycles. The summed E-state index contributed by atoms with van der Waals surface area (Å²) in [6, 6.07) is 0. The molecule has 4 nitrogen and oxygen atoms in total. The molecule has 0 radical (unpaired) electrons. The first-order valence-electron chi connectivity index (χ1n) is 5.45. The third-order valence-corrected chi connectivity index (χ3v) is 3.40. The second-order valence-corrected chi connectivity index (χ2v) is 5.02. The van der Waals surface area contributed by atoms with Gasteiger partial charge in [0.25, 0.3) is 0 Å². The number of halogens is 2. The third-order valence-electron chi connectivity index (χ3n) is 2.99. The van der Waals surface area contributed by atoms with Crippen LogP contribution in [0.2, 0.25) is 10.4 Å². The molecule has 0 bridgehead atoms. The molecular formula is C10H14Cl2N4. The van der Waals surface area contributed by atoms with Crippen LogP contribution in [-0.2, 0) is 0 Å². The smallest absolute Gasteiger partial charge is 0.245 e. The minimum Gasteiger partial charge on any atom is -0.367 e. The van der Waals surface area contributed by atoms with Crippen LogP contribution in [0.3, 0.4) is 0 Å². The van der Waals surface area contributed by atoms with Crippen molar-refractivity contribution in [1.29, 1.82) is 0 Å². The zero-order chi connectivity index (χ0) is 11.6. The van der Waals surface area contributed by atoms with E-state index in [0.717, 1.165) is 6.54 Å². The molecule has 0 unspecified atom stereocenters. The van der Waals surface area contributed by atoms with Crippen LogP contribution < -0.4 is 5.32 Å². The number of nitrogens with one attached hydrogen (secondary N) is 1. The Bertz CT molecular complexity index is 379. The first kappa shape index (κ1) is 11.9. The van der Waals surface area contributed by atoms with Gasteiger partial charge < -0.3 is 5.32 Å². The lowest BCUT2D eigenvalue weighted by Gasteiger charge is -2.15. The predicted molar refractivity (Wildman–Crippen MR) is 64.9 cm³/mol.